The van der Waals surface area contributed by atoms with Gasteiger partial charge in [0, 0.05) is 18.8 Å². The summed E-state index contributed by atoms with van der Waals surface area (Å²) in [6, 6.07) is 1.62. The van der Waals surface area contributed by atoms with E-state index in [0.717, 1.165) is 5.56 Å². The standard InChI is InChI=1S/C22H24N8O3/c1-13-17(6-15(8-23-13)27-21(32)33-22(2,3)4)28-20(31)16-9-26-30-12-18(24-10-19(16)30)14-7-25-29(5)11-14/h6-12H,1-5H3,(H,27,32)(H,28,31). The second-order valence-electron chi connectivity index (χ2n) is 8.50. The number of hydrogen-bond acceptors (Lipinski definition) is 7. The molecule has 2 amide bonds. The number of fused-ring (bicyclic) bond motifs is 1. The van der Waals surface area contributed by atoms with Crippen LogP contribution in [0.15, 0.2) is 43.2 Å². The summed E-state index contributed by atoms with van der Waals surface area (Å²) in [6.07, 6.45) is 9.25. The van der Waals surface area contributed by atoms with Crippen LogP contribution in [0.25, 0.3) is 16.8 Å². The summed E-state index contributed by atoms with van der Waals surface area (Å²) in [5.74, 6) is -0.375. The summed E-state index contributed by atoms with van der Waals surface area (Å²) < 4.78 is 8.53. The molecule has 0 aliphatic heterocycles. The van der Waals surface area contributed by atoms with Gasteiger partial charge in [0.05, 0.1) is 64.8 Å². The summed E-state index contributed by atoms with van der Waals surface area (Å²) in [7, 11) is 1.83. The number of aryl methyl sites for hydroxylation is 2. The largest absolute Gasteiger partial charge is 0.444 e. The molecule has 4 rings (SSSR count). The summed E-state index contributed by atoms with van der Waals surface area (Å²) in [4.78, 5) is 33.7. The first-order valence-electron chi connectivity index (χ1n) is 10.2. The maximum Gasteiger partial charge on any atom is 0.412 e. The first-order valence-corrected chi connectivity index (χ1v) is 10.2. The topological polar surface area (TPSA) is 128 Å². The molecular formula is C22H24N8O3. The van der Waals surface area contributed by atoms with Crippen molar-refractivity contribution < 1.29 is 14.3 Å². The van der Waals surface area contributed by atoms with Crippen LogP contribution in [0, 0.1) is 6.92 Å². The summed E-state index contributed by atoms with van der Waals surface area (Å²) in [5, 5.41) is 13.9. The third-order valence-electron chi connectivity index (χ3n) is 4.63. The Balaban J connectivity index is 1.54. The van der Waals surface area contributed by atoms with Crippen LogP contribution in [0.2, 0.25) is 0 Å². The first-order chi connectivity index (χ1) is 15.6. The Hall–Kier alpha value is -4.28. The maximum absolute atomic E-state index is 13.0. The third kappa shape index (κ3) is 4.97. The average molecular weight is 448 g/mol. The monoisotopic (exact) mass is 448 g/mol. The van der Waals surface area contributed by atoms with Gasteiger partial charge < -0.3 is 10.1 Å². The minimum atomic E-state index is -0.631. The van der Waals surface area contributed by atoms with Crippen LogP contribution in [0.1, 0.15) is 36.8 Å². The van der Waals surface area contributed by atoms with Crippen molar-refractivity contribution in [3.8, 4) is 11.3 Å². The Morgan fingerprint density at radius 3 is 2.48 bits per heavy atom. The molecule has 0 saturated heterocycles. The highest BCUT2D eigenvalue weighted by Crippen LogP contribution is 2.22. The molecule has 0 aromatic carbocycles. The molecule has 4 heterocycles. The predicted octanol–water partition coefficient (Wildman–Crippen LogP) is 3.43. The molecule has 33 heavy (non-hydrogen) atoms. The van der Waals surface area contributed by atoms with Gasteiger partial charge in [-0.1, -0.05) is 0 Å². The van der Waals surface area contributed by atoms with E-state index in [1.807, 2.05) is 13.2 Å². The van der Waals surface area contributed by atoms with Gasteiger partial charge in [-0.3, -0.25) is 24.8 Å². The molecule has 0 aliphatic rings. The van der Waals surface area contributed by atoms with E-state index in [1.54, 1.807) is 61.5 Å². The zero-order valence-corrected chi connectivity index (χ0v) is 18.9. The number of pyridine rings is 1. The molecule has 170 valence electrons. The predicted molar refractivity (Wildman–Crippen MR) is 122 cm³/mol. The molecule has 4 aromatic heterocycles. The lowest BCUT2D eigenvalue weighted by Crippen LogP contribution is -2.27. The van der Waals surface area contributed by atoms with Gasteiger partial charge in [-0.05, 0) is 33.8 Å². The number of ether oxygens (including phenoxy) is 1. The Kier molecular flexibility index (Phi) is 5.54. The van der Waals surface area contributed by atoms with Crippen LogP contribution in [0.4, 0.5) is 16.2 Å². The van der Waals surface area contributed by atoms with E-state index >= 15 is 0 Å². The van der Waals surface area contributed by atoms with Crippen molar-refractivity contribution in [1.29, 1.82) is 0 Å². The van der Waals surface area contributed by atoms with Crippen molar-refractivity contribution in [3.05, 3.63) is 54.5 Å². The van der Waals surface area contributed by atoms with Crippen LogP contribution in [-0.4, -0.2) is 47.0 Å². The minimum absolute atomic E-state index is 0.352. The van der Waals surface area contributed by atoms with Crippen molar-refractivity contribution in [1.82, 2.24) is 29.4 Å². The highest BCUT2D eigenvalue weighted by molar-refractivity contribution is 6.09. The molecule has 0 bridgehead atoms. The number of carbonyl (C=O) groups excluding carboxylic acids is 2. The zero-order chi connectivity index (χ0) is 23.8. The number of rotatable bonds is 4. The van der Waals surface area contributed by atoms with E-state index < -0.39 is 11.7 Å². The SMILES string of the molecule is Cc1ncc(NC(=O)OC(C)(C)C)cc1NC(=O)c1cnn2cc(-c3cnn(C)c3)ncc12. The fourth-order valence-electron chi connectivity index (χ4n) is 3.10. The highest BCUT2D eigenvalue weighted by Gasteiger charge is 2.18. The summed E-state index contributed by atoms with van der Waals surface area (Å²) >= 11 is 0. The number of anilines is 2. The average Bonchev–Trinajstić information content (AvgIpc) is 3.34. The molecule has 0 fully saturated rings. The molecule has 0 spiro atoms. The van der Waals surface area contributed by atoms with Crippen LogP contribution >= 0.6 is 0 Å². The van der Waals surface area contributed by atoms with E-state index in [1.165, 1.54) is 12.4 Å². The van der Waals surface area contributed by atoms with Gasteiger partial charge in [0.15, 0.2) is 0 Å². The van der Waals surface area contributed by atoms with E-state index in [4.69, 9.17) is 4.74 Å². The second-order valence-corrected chi connectivity index (χ2v) is 8.50. The number of aromatic nitrogens is 6. The van der Waals surface area contributed by atoms with E-state index in [2.05, 4.69) is 30.8 Å². The van der Waals surface area contributed by atoms with Crippen molar-refractivity contribution >= 4 is 28.9 Å². The quantitative estimate of drug-likeness (QED) is 0.489. The summed E-state index contributed by atoms with van der Waals surface area (Å²) in [6.45, 7) is 7.08. The van der Waals surface area contributed by atoms with Gasteiger partial charge >= 0.3 is 6.09 Å². The Bertz CT molecular complexity index is 1350. The molecule has 0 saturated carbocycles. The lowest BCUT2D eigenvalue weighted by Gasteiger charge is -2.19. The highest BCUT2D eigenvalue weighted by atomic mass is 16.6. The van der Waals surface area contributed by atoms with Crippen molar-refractivity contribution in [2.45, 2.75) is 33.3 Å². The third-order valence-corrected chi connectivity index (χ3v) is 4.63. The van der Waals surface area contributed by atoms with Gasteiger partial charge in [-0.25, -0.2) is 9.31 Å². The van der Waals surface area contributed by atoms with Crippen LogP contribution in [0.3, 0.4) is 0 Å². The molecule has 0 aliphatic carbocycles. The Labute approximate surface area is 189 Å². The lowest BCUT2D eigenvalue weighted by molar-refractivity contribution is 0.0635. The van der Waals surface area contributed by atoms with Crippen LogP contribution < -0.4 is 10.6 Å². The molecular weight excluding hydrogens is 424 g/mol. The smallest absolute Gasteiger partial charge is 0.412 e. The van der Waals surface area contributed by atoms with E-state index in [9.17, 15) is 9.59 Å². The molecule has 0 atom stereocenters. The number of amides is 2. The van der Waals surface area contributed by atoms with E-state index in [-0.39, 0.29) is 5.91 Å². The van der Waals surface area contributed by atoms with Crippen molar-refractivity contribution in [2.75, 3.05) is 10.6 Å². The van der Waals surface area contributed by atoms with Crippen molar-refractivity contribution in [2.24, 2.45) is 7.05 Å². The summed E-state index contributed by atoms with van der Waals surface area (Å²) in [5.41, 5.74) is 3.24. The molecule has 2 N–H and O–H groups in total. The van der Waals surface area contributed by atoms with Gasteiger partial charge in [-0.15, -0.1) is 0 Å². The molecule has 11 heteroatoms. The Morgan fingerprint density at radius 1 is 1.00 bits per heavy atom. The molecule has 0 unspecified atom stereocenters. The maximum atomic E-state index is 13.0. The number of nitrogens with one attached hydrogen (secondary N) is 2. The fourth-order valence-corrected chi connectivity index (χ4v) is 3.10. The molecule has 4 aromatic rings. The first kappa shape index (κ1) is 21.9. The number of nitrogens with zero attached hydrogens (tertiary/aromatic N) is 6. The molecule has 0 radical (unpaired) electrons. The van der Waals surface area contributed by atoms with Crippen LogP contribution in [-0.2, 0) is 11.8 Å². The Morgan fingerprint density at radius 2 is 1.79 bits per heavy atom. The second kappa shape index (κ2) is 8.34. The van der Waals surface area contributed by atoms with Crippen molar-refractivity contribution in [3.63, 3.8) is 0 Å². The number of hydrogen-bond donors (Lipinski definition) is 2. The zero-order valence-electron chi connectivity index (χ0n) is 18.9. The van der Waals surface area contributed by atoms with Gasteiger partial charge in [0.2, 0.25) is 0 Å². The normalized spacial score (nSPS) is 11.4. The van der Waals surface area contributed by atoms with Gasteiger partial charge in [0.25, 0.3) is 5.91 Å². The van der Waals surface area contributed by atoms with Crippen LogP contribution in [0.5, 0.6) is 0 Å². The minimum Gasteiger partial charge on any atom is -0.444 e. The van der Waals surface area contributed by atoms with Gasteiger partial charge in [0.1, 0.15) is 5.60 Å². The number of carbonyl (C=O) groups is 2. The van der Waals surface area contributed by atoms with E-state index in [0.29, 0.717) is 33.8 Å². The van der Waals surface area contributed by atoms with Gasteiger partial charge in [-0.2, -0.15) is 10.2 Å². The fraction of sp³-hybridized carbons (Fsp3) is 0.273. The lowest BCUT2D eigenvalue weighted by atomic mass is 10.2. The molecule has 11 nitrogen and oxygen atoms in total.